The summed E-state index contributed by atoms with van der Waals surface area (Å²) < 4.78 is 5.42. The van der Waals surface area contributed by atoms with Crippen LogP contribution in [0.4, 0.5) is 16.3 Å². The molecule has 0 bridgehead atoms. The molecule has 0 atom stereocenters. The molecule has 1 amide bonds. The number of ether oxygens (including phenoxy) is 1. The highest BCUT2D eigenvalue weighted by molar-refractivity contribution is 5.70. The molecule has 6 heteroatoms. The zero-order valence-corrected chi connectivity index (χ0v) is 14.2. The largest absolute Gasteiger partial charge is 0.444 e. The summed E-state index contributed by atoms with van der Waals surface area (Å²) in [5.74, 6) is 0.915. The Kier molecular flexibility index (Phi) is 5.47. The van der Waals surface area contributed by atoms with Crippen molar-refractivity contribution < 1.29 is 9.53 Å². The Labute approximate surface area is 138 Å². The number of nitrogens with one attached hydrogen (secondary N) is 1. The first-order valence-electron chi connectivity index (χ1n) is 7.93. The number of rotatable bonds is 4. The Balaban J connectivity index is 1.97. The quantitative estimate of drug-likeness (QED) is 0.865. The third kappa shape index (κ3) is 4.87. The van der Waals surface area contributed by atoms with Gasteiger partial charge in [-0.15, -0.1) is 6.58 Å². The maximum atomic E-state index is 12.1. The number of hydrogen-bond donors (Lipinski definition) is 1. The first-order chi connectivity index (χ1) is 10.9. The predicted molar refractivity (Wildman–Crippen MR) is 92.9 cm³/mol. The number of piperazine rings is 1. The van der Waals surface area contributed by atoms with Crippen molar-refractivity contribution >= 4 is 17.6 Å². The lowest BCUT2D eigenvalue weighted by molar-refractivity contribution is 0.0240. The van der Waals surface area contributed by atoms with Gasteiger partial charge < -0.3 is 19.9 Å². The second-order valence-electron chi connectivity index (χ2n) is 6.50. The Morgan fingerprint density at radius 2 is 2.09 bits per heavy atom. The summed E-state index contributed by atoms with van der Waals surface area (Å²) in [6.45, 7) is 12.8. The number of hydrogen-bond acceptors (Lipinski definition) is 5. The maximum absolute atomic E-state index is 12.1. The van der Waals surface area contributed by atoms with Crippen molar-refractivity contribution in [2.75, 3.05) is 42.9 Å². The molecule has 126 valence electrons. The standard InChI is InChI=1S/C17H26N4O2/c1-5-8-18-14-7-6-9-19-15(14)20-10-12-21(13-11-20)16(22)23-17(2,3)4/h5-7,9,18H,1,8,10-13H2,2-4H3. The molecule has 0 aliphatic carbocycles. The van der Waals surface area contributed by atoms with E-state index in [1.165, 1.54) is 0 Å². The van der Waals surface area contributed by atoms with E-state index in [0.29, 0.717) is 19.6 Å². The molecule has 0 aromatic carbocycles. The van der Waals surface area contributed by atoms with Gasteiger partial charge in [-0.25, -0.2) is 9.78 Å². The third-order valence-corrected chi connectivity index (χ3v) is 3.45. The van der Waals surface area contributed by atoms with E-state index in [1.54, 1.807) is 11.1 Å². The van der Waals surface area contributed by atoms with Crippen LogP contribution >= 0.6 is 0 Å². The van der Waals surface area contributed by atoms with Crippen LogP contribution in [0, 0.1) is 0 Å². The highest BCUT2D eigenvalue weighted by Crippen LogP contribution is 2.24. The minimum Gasteiger partial charge on any atom is -0.444 e. The average molecular weight is 318 g/mol. The lowest BCUT2D eigenvalue weighted by Crippen LogP contribution is -2.50. The van der Waals surface area contributed by atoms with Crippen LogP contribution in [-0.2, 0) is 4.74 Å². The first-order valence-corrected chi connectivity index (χ1v) is 7.93. The summed E-state index contributed by atoms with van der Waals surface area (Å²) in [6, 6.07) is 3.91. The van der Waals surface area contributed by atoms with Crippen molar-refractivity contribution in [2.24, 2.45) is 0 Å². The van der Waals surface area contributed by atoms with E-state index in [9.17, 15) is 4.79 Å². The third-order valence-electron chi connectivity index (χ3n) is 3.45. The van der Waals surface area contributed by atoms with Gasteiger partial charge in [0.2, 0.25) is 0 Å². The molecule has 0 radical (unpaired) electrons. The summed E-state index contributed by atoms with van der Waals surface area (Å²) >= 11 is 0. The second kappa shape index (κ2) is 7.35. The van der Waals surface area contributed by atoms with Gasteiger partial charge in [-0.3, -0.25) is 0 Å². The van der Waals surface area contributed by atoms with Gasteiger partial charge in [0.25, 0.3) is 0 Å². The van der Waals surface area contributed by atoms with E-state index in [4.69, 9.17) is 4.74 Å². The molecule has 1 N–H and O–H groups in total. The van der Waals surface area contributed by atoms with E-state index >= 15 is 0 Å². The van der Waals surface area contributed by atoms with Crippen LogP contribution in [0.5, 0.6) is 0 Å². The minimum atomic E-state index is -0.461. The monoisotopic (exact) mass is 318 g/mol. The number of nitrogens with zero attached hydrogens (tertiary/aromatic N) is 3. The van der Waals surface area contributed by atoms with Crippen molar-refractivity contribution in [1.29, 1.82) is 0 Å². The molecule has 0 unspecified atom stereocenters. The number of carbonyl (C=O) groups is 1. The van der Waals surface area contributed by atoms with Crippen LogP contribution in [0.3, 0.4) is 0 Å². The smallest absolute Gasteiger partial charge is 0.410 e. The second-order valence-corrected chi connectivity index (χ2v) is 6.50. The Bertz CT molecular complexity index is 546. The zero-order valence-electron chi connectivity index (χ0n) is 14.2. The van der Waals surface area contributed by atoms with Crippen molar-refractivity contribution in [3.05, 3.63) is 31.0 Å². The molecule has 2 heterocycles. The van der Waals surface area contributed by atoms with Gasteiger partial charge in [0, 0.05) is 38.9 Å². The molecule has 1 aromatic heterocycles. The van der Waals surface area contributed by atoms with Crippen LogP contribution in [0.25, 0.3) is 0 Å². The van der Waals surface area contributed by atoms with Gasteiger partial charge >= 0.3 is 6.09 Å². The number of anilines is 2. The average Bonchev–Trinajstić information content (AvgIpc) is 2.52. The van der Waals surface area contributed by atoms with Crippen LogP contribution in [0.1, 0.15) is 20.8 Å². The van der Waals surface area contributed by atoms with Crippen molar-refractivity contribution in [1.82, 2.24) is 9.88 Å². The summed E-state index contributed by atoms with van der Waals surface area (Å²) in [5.41, 5.74) is 0.523. The van der Waals surface area contributed by atoms with Gasteiger partial charge in [0.05, 0.1) is 5.69 Å². The zero-order chi connectivity index (χ0) is 16.9. The Morgan fingerprint density at radius 3 is 2.70 bits per heavy atom. The molecule has 1 aromatic rings. The maximum Gasteiger partial charge on any atom is 0.410 e. The lowest BCUT2D eigenvalue weighted by atomic mass is 10.2. The van der Waals surface area contributed by atoms with Crippen molar-refractivity contribution in [2.45, 2.75) is 26.4 Å². The van der Waals surface area contributed by atoms with E-state index < -0.39 is 5.60 Å². The molecule has 1 aliphatic heterocycles. The van der Waals surface area contributed by atoms with Gasteiger partial charge in [-0.1, -0.05) is 6.08 Å². The summed E-state index contributed by atoms with van der Waals surface area (Å²) in [4.78, 5) is 20.5. The molecule has 0 saturated carbocycles. The molecular weight excluding hydrogens is 292 g/mol. The number of amides is 1. The molecule has 1 fully saturated rings. The SMILES string of the molecule is C=CCNc1cccnc1N1CCN(C(=O)OC(C)(C)C)CC1. The Morgan fingerprint density at radius 1 is 1.39 bits per heavy atom. The van der Waals surface area contributed by atoms with E-state index in [2.05, 4.69) is 21.8 Å². The highest BCUT2D eigenvalue weighted by Gasteiger charge is 2.26. The number of carbonyl (C=O) groups excluding carboxylic acids is 1. The summed E-state index contributed by atoms with van der Waals surface area (Å²) in [6.07, 6.45) is 3.36. The van der Waals surface area contributed by atoms with E-state index in [1.807, 2.05) is 39.0 Å². The van der Waals surface area contributed by atoms with Gasteiger partial charge in [-0.2, -0.15) is 0 Å². The van der Waals surface area contributed by atoms with Crippen LogP contribution in [-0.4, -0.2) is 54.3 Å². The summed E-state index contributed by atoms with van der Waals surface area (Å²) in [5, 5.41) is 3.30. The van der Waals surface area contributed by atoms with Crippen LogP contribution in [0.2, 0.25) is 0 Å². The van der Waals surface area contributed by atoms with Gasteiger partial charge in [0.1, 0.15) is 5.60 Å². The van der Waals surface area contributed by atoms with Crippen LogP contribution < -0.4 is 10.2 Å². The van der Waals surface area contributed by atoms with Crippen molar-refractivity contribution in [3.63, 3.8) is 0 Å². The topological polar surface area (TPSA) is 57.7 Å². The molecular formula is C17H26N4O2. The van der Waals surface area contributed by atoms with Gasteiger partial charge in [-0.05, 0) is 32.9 Å². The first kappa shape index (κ1) is 17.1. The Hall–Kier alpha value is -2.24. The normalized spacial score (nSPS) is 15.3. The predicted octanol–water partition coefficient (Wildman–Crippen LogP) is 2.74. The number of aromatic nitrogens is 1. The number of pyridine rings is 1. The fourth-order valence-corrected chi connectivity index (χ4v) is 2.40. The molecule has 1 saturated heterocycles. The lowest BCUT2D eigenvalue weighted by Gasteiger charge is -2.36. The van der Waals surface area contributed by atoms with Gasteiger partial charge in [0.15, 0.2) is 5.82 Å². The van der Waals surface area contributed by atoms with E-state index in [-0.39, 0.29) is 6.09 Å². The van der Waals surface area contributed by atoms with Crippen molar-refractivity contribution in [3.8, 4) is 0 Å². The summed E-state index contributed by atoms with van der Waals surface area (Å²) in [7, 11) is 0. The molecule has 1 aliphatic rings. The molecule has 6 nitrogen and oxygen atoms in total. The fourth-order valence-electron chi connectivity index (χ4n) is 2.40. The molecule has 0 spiro atoms. The fraction of sp³-hybridized carbons (Fsp3) is 0.529. The minimum absolute atomic E-state index is 0.247. The molecule has 23 heavy (non-hydrogen) atoms. The van der Waals surface area contributed by atoms with E-state index in [0.717, 1.165) is 24.6 Å². The molecule has 2 rings (SSSR count). The highest BCUT2D eigenvalue weighted by atomic mass is 16.6. The van der Waals surface area contributed by atoms with Crippen LogP contribution in [0.15, 0.2) is 31.0 Å².